The van der Waals surface area contributed by atoms with E-state index in [4.69, 9.17) is 0 Å². The average Bonchev–Trinajstić information content (AvgIpc) is 3.10. The molecule has 0 saturated carbocycles. The second-order valence-electron chi connectivity index (χ2n) is 9.01. The summed E-state index contributed by atoms with van der Waals surface area (Å²) < 4.78 is 0. The van der Waals surface area contributed by atoms with Crippen molar-refractivity contribution in [2.45, 2.75) is 45.7 Å². The van der Waals surface area contributed by atoms with Crippen LogP contribution in [0.5, 0.6) is 0 Å². The molecule has 0 N–H and O–H groups in total. The van der Waals surface area contributed by atoms with Crippen LogP contribution in [0.25, 0.3) is 10.2 Å². The molecule has 0 radical (unpaired) electrons. The highest BCUT2D eigenvalue weighted by Crippen LogP contribution is 2.36. The maximum Gasteiger partial charge on any atom is 0.264 e. The molecule has 30 heavy (non-hydrogen) atoms. The van der Waals surface area contributed by atoms with E-state index < -0.39 is 0 Å². The third kappa shape index (κ3) is 4.05. The molecule has 2 aromatic rings. The van der Waals surface area contributed by atoms with Crippen LogP contribution in [0.2, 0.25) is 0 Å². The molecule has 0 aliphatic carbocycles. The first-order chi connectivity index (χ1) is 14.4. The molecule has 2 aliphatic heterocycles. The van der Waals surface area contributed by atoms with Gasteiger partial charge in [-0.1, -0.05) is 0 Å². The highest BCUT2D eigenvalue weighted by molar-refractivity contribution is 7.20. The number of likely N-dealkylation sites (N-methyl/N-ethyl adjacent to an activating group) is 1. The van der Waals surface area contributed by atoms with E-state index in [9.17, 15) is 4.79 Å². The number of carbonyl (C=O) groups excluding carboxylic acids is 1. The molecule has 2 saturated heterocycles. The van der Waals surface area contributed by atoms with E-state index in [0.717, 1.165) is 78.6 Å². The summed E-state index contributed by atoms with van der Waals surface area (Å²) in [4.78, 5) is 33.4. The molecule has 4 heterocycles. The zero-order valence-electron chi connectivity index (χ0n) is 18.9. The smallest absolute Gasteiger partial charge is 0.264 e. The first-order valence-electron chi connectivity index (χ1n) is 11.1. The number of likely N-dealkylation sites (tertiary alicyclic amines) is 1. The number of anilines is 1. The van der Waals surface area contributed by atoms with Gasteiger partial charge >= 0.3 is 0 Å². The zero-order chi connectivity index (χ0) is 21.4. The van der Waals surface area contributed by atoms with Crippen LogP contribution in [0, 0.1) is 6.92 Å². The van der Waals surface area contributed by atoms with Crippen LogP contribution in [0.15, 0.2) is 6.33 Å². The Hall–Kier alpha value is -1.77. The number of aromatic nitrogens is 2. The molecule has 0 spiro atoms. The van der Waals surface area contributed by atoms with Gasteiger partial charge in [-0.15, -0.1) is 11.3 Å². The van der Waals surface area contributed by atoms with Gasteiger partial charge in [0.15, 0.2) is 0 Å². The summed E-state index contributed by atoms with van der Waals surface area (Å²) in [6.07, 6.45) is 3.72. The number of aryl methyl sites for hydroxylation is 1. The van der Waals surface area contributed by atoms with Gasteiger partial charge in [-0.2, -0.15) is 0 Å². The fourth-order valence-corrected chi connectivity index (χ4v) is 5.67. The topological polar surface area (TPSA) is 55.8 Å². The van der Waals surface area contributed by atoms with E-state index in [1.54, 1.807) is 6.33 Å². The van der Waals surface area contributed by atoms with E-state index in [1.165, 1.54) is 11.3 Å². The maximum atomic E-state index is 13.4. The Morgan fingerprint density at radius 1 is 1.13 bits per heavy atom. The number of hydrogen-bond donors (Lipinski definition) is 0. The van der Waals surface area contributed by atoms with E-state index in [2.05, 4.69) is 59.5 Å². The van der Waals surface area contributed by atoms with Gasteiger partial charge in [0, 0.05) is 51.4 Å². The molecule has 0 bridgehead atoms. The highest BCUT2D eigenvalue weighted by Gasteiger charge is 2.30. The molecule has 2 fully saturated rings. The number of piperidine rings is 1. The van der Waals surface area contributed by atoms with Crippen LogP contribution in [-0.2, 0) is 0 Å². The van der Waals surface area contributed by atoms with Gasteiger partial charge in [0.05, 0.1) is 10.3 Å². The molecule has 1 amide bonds. The summed E-state index contributed by atoms with van der Waals surface area (Å²) in [6.45, 7) is 12.1. The summed E-state index contributed by atoms with van der Waals surface area (Å²) >= 11 is 1.53. The Morgan fingerprint density at radius 3 is 2.43 bits per heavy atom. The van der Waals surface area contributed by atoms with Crippen molar-refractivity contribution in [1.82, 2.24) is 24.7 Å². The standard InChI is InChI=1S/C22H34N6OS/c1-15(2)26(5)17-6-8-28(9-7-17)22(29)19-16(3)18-20(23-14-24-21(18)30-19)27-12-10-25(4)11-13-27/h14-15,17H,6-13H2,1-5H3. The SMILES string of the molecule is Cc1c(C(=O)N2CCC(N(C)C(C)C)CC2)sc2ncnc(N3CCN(C)CC3)c12. The lowest BCUT2D eigenvalue weighted by Gasteiger charge is -2.38. The Labute approximate surface area is 183 Å². The first kappa shape index (κ1) is 21.5. The van der Waals surface area contributed by atoms with Crippen molar-refractivity contribution < 1.29 is 4.79 Å². The van der Waals surface area contributed by atoms with Crippen LogP contribution in [0.1, 0.15) is 41.9 Å². The lowest BCUT2D eigenvalue weighted by molar-refractivity contribution is 0.0621. The quantitative estimate of drug-likeness (QED) is 0.743. The van der Waals surface area contributed by atoms with Gasteiger partial charge in [-0.05, 0) is 53.3 Å². The van der Waals surface area contributed by atoms with Crippen LogP contribution >= 0.6 is 11.3 Å². The summed E-state index contributed by atoms with van der Waals surface area (Å²) in [5.41, 5.74) is 1.04. The summed E-state index contributed by atoms with van der Waals surface area (Å²) in [5, 5.41) is 1.06. The minimum atomic E-state index is 0.158. The van der Waals surface area contributed by atoms with E-state index >= 15 is 0 Å². The summed E-state index contributed by atoms with van der Waals surface area (Å²) in [6, 6.07) is 1.10. The van der Waals surface area contributed by atoms with Crippen molar-refractivity contribution in [3.8, 4) is 0 Å². The maximum absolute atomic E-state index is 13.4. The molecule has 0 aromatic carbocycles. The van der Waals surface area contributed by atoms with Gasteiger partial charge in [0.2, 0.25) is 0 Å². The van der Waals surface area contributed by atoms with Gasteiger partial charge < -0.3 is 19.6 Å². The molecule has 8 heteroatoms. The Balaban J connectivity index is 1.54. The first-order valence-corrected chi connectivity index (χ1v) is 11.9. The number of fused-ring (bicyclic) bond motifs is 1. The second-order valence-corrected chi connectivity index (χ2v) is 10.0. The molecule has 2 aliphatic rings. The normalized spacial score (nSPS) is 19.4. The number of thiophene rings is 1. The largest absolute Gasteiger partial charge is 0.353 e. The third-order valence-electron chi connectivity index (χ3n) is 6.85. The number of carbonyl (C=O) groups is 1. The zero-order valence-corrected chi connectivity index (χ0v) is 19.7. The molecule has 4 rings (SSSR count). The van der Waals surface area contributed by atoms with Crippen molar-refractivity contribution in [3.05, 3.63) is 16.8 Å². The van der Waals surface area contributed by atoms with Crippen molar-refractivity contribution in [2.75, 3.05) is 58.3 Å². The Bertz CT molecular complexity index is 896. The van der Waals surface area contributed by atoms with Gasteiger partial charge in [0.1, 0.15) is 17.0 Å². The van der Waals surface area contributed by atoms with Gasteiger partial charge in [-0.3, -0.25) is 4.79 Å². The van der Waals surface area contributed by atoms with Gasteiger partial charge in [-0.25, -0.2) is 9.97 Å². The lowest BCUT2D eigenvalue weighted by atomic mass is 10.0. The van der Waals surface area contributed by atoms with Crippen molar-refractivity contribution >= 4 is 33.3 Å². The van der Waals surface area contributed by atoms with Crippen LogP contribution in [0.4, 0.5) is 5.82 Å². The minimum absolute atomic E-state index is 0.158. The number of nitrogens with zero attached hydrogens (tertiary/aromatic N) is 6. The fourth-order valence-electron chi connectivity index (χ4n) is 4.56. The van der Waals surface area contributed by atoms with Crippen molar-refractivity contribution in [3.63, 3.8) is 0 Å². The molecular formula is C22H34N6OS. The number of piperazine rings is 1. The average molecular weight is 431 g/mol. The van der Waals surface area contributed by atoms with Crippen LogP contribution in [-0.4, -0.2) is 96.0 Å². The molecular weight excluding hydrogens is 396 g/mol. The number of amides is 1. The third-order valence-corrected chi connectivity index (χ3v) is 8.03. The van der Waals surface area contributed by atoms with E-state index in [0.29, 0.717) is 12.1 Å². The molecule has 164 valence electrons. The van der Waals surface area contributed by atoms with Crippen molar-refractivity contribution in [2.24, 2.45) is 0 Å². The Kier molecular flexibility index (Phi) is 6.27. The number of rotatable bonds is 4. The molecule has 7 nitrogen and oxygen atoms in total. The molecule has 0 unspecified atom stereocenters. The Morgan fingerprint density at radius 2 is 1.80 bits per heavy atom. The van der Waals surface area contributed by atoms with Gasteiger partial charge in [0.25, 0.3) is 5.91 Å². The summed E-state index contributed by atoms with van der Waals surface area (Å²) in [5.74, 6) is 1.14. The van der Waals surface area contributed by atoms with E-state index in [-0.39, 0.29) is 5.91 Å². The molecule has 0 atom stereocenters. The van der Waals surface area contributed by atoms with Crippen molar-refractivity contribution in [1.29, 1.82) is 0 Å². The lowest BCUT2D eigenvalue weighted by Crippen LogP contribution is -2.47. The highest BCUT2D eigenvalue weighted by atomic mass is 32.1. The van der Waals surface area contributed by atoms with Crippen LogP contribution in [0.3, 0.4) is 0 Å². The van der Waals surface area contributed by atoms with E-state index in [1.807, 2.05) is 4.90 Å². The minimum Gasteiger partial charge on any atom is -0.353 e. The van der Waals surface area contributed by atoms with Crippen LogP contribution < -0.4 is 4.90 Å². The fraction of sp³-hybridized carbons (Fsp3) is 0.682. The summed E-state index contributed by atoms with van der Waals surface area (Å²) in [7, 11) is 4.35. The predicted molar refractivity (Wildman–Crippen MR) is 124 cm³/mol. The number of hydrogen-bond acceptors (Lipinski definition) is 7. The second kappa shape index (κ2) is 8.77. The monoisotopic (exact) mass is 430 g/mol. The molecule has 2 aromatic heterocycles. The predicted octanol–water partition coefficient (Wildman–Crippen LogP) is 2.70.